The van der Waals surface area contributed by atoms with Gasteiger partial charge >= 0.3 is 5.69 Å². The molecular weight excluding hydrogens is 397 g/mol. The van der Waals surface area contributed by atoms with Gasteiger partial charge in [-0.05, 0) is 42.5 Å². The van der Waals surface area contributed by atoms with Crippen molar-refractivity contribution in [2.45, 2.75) is 13.1 Å². The number of hydrogen-bond acceptors (Lipinski definition) is 3. The summed E-state index contributed by atoms with van der Waals surface area (Å²) in [7, 11) is 0. The molecule has 4 rings (SSSR count). The summed E-state index contributed by atoms with van der Waals surface area (Å²) in [6.07, 6.45) is 1.50. The van der Waals surface area contributed by atoms with Crippen molar-refractivity contribution in [3.63, 3.8) is 0 Å². The van der Waals surface area contributed by atoms with Crippen molar-refractivity contribution in [1.82, 2.24) is 19.4 Å². The Morgan fingerprint density at radius 2 is 1.73 bits per heavy atom. The number of rotatable bonds is 5. The summed E-state index contributed by atoms with van der Waals surface area (Å²) in [6, 6.07) is 11.6. The van der Waals surface area contributed by atoms with E-state index in [1.165, 1.54) is 45.7 Å². The normalized spacial score (nSPS) is 11.0. The van der Waals surface area contributed by atoms with Crippen LogP contribution in [0.15, 0.2) is 65.6 Å². The molecule has 0 saturated carbocycles. The third-order valence-corrected chi connectivity index (χ3v) is 4.57. The van der Waals surface area contributed by atoms with E-state index in [1.807, 2.05) is 0 Å². The number of amides is 1. The second kappa shape index (κ2) is 7.86. The van der Waals surface area contributed by atoms with Crippen LogP contribution in [0.2, 0.25) is 0 Å². The number of carbonyl (C=O) groups is 1. The number of nitrogens with zero attached hydrogens (tertiary/aromatic N) is 3. The molecule has 1 N–H and O–H groups in total. The molecule has 0 aliphatic carbocycles. The molecule has 4 aromatic rings. The highest BCUT2D eigenvalue weighted by Gasteiger charge is 2.18. The Balaban J connectivity index is 1.63. The fraction of sp³-hybridized carbons (Fsp3) is 0.0952. The molecule has 2 aromatic heterocycles. The first kappa shape index (κ1) is 19.4. The van der Waals surface area contributed by atoms with Gasteiger partial charge in [0.05, 0.1) is 11.2 Å². The maximum absolute atomic E-state index is 13.7. The molecule has 0 saturated heterocycles. The molecule has 0 atom stereocenters. The average Bonchev–Trinajstić information content (AvgIpc) is 3.00. The Kier molecular flexibility index (Phi) is 5.09. The zero-order chi connectivity index (χ0) is 21.3. The van der Waals surface area contributed by atoms with Crippen LogP contribution in [0.4, 0.5) is 13.2 Å². The van der Waals surface area contributed by atoms with Gasteiger partial charge in [-0.1, -0.05) is 6.07 Å². The first-order valence-electron chi connectivity index (χ1n) is 8.97. The molecule has 0 aliphatic heterocycles. The minimum Gasteiger partial charge on any atom is -0.350 e. The molecule has 2 heterocycles. The first-order chi connectivity index (χ1) is 14.4. The van der Waals surface area contributed by atoms with Crippen molar-refractivity contribution < 1.29 is 18.0 Å². The Hall–Kier alpha value is -3.88. The van der Waals surface area contributed by atoms with E-state index in [9.17, 15) is 22.8 Å². The van der Waals surface area contributed by atoms with Gasteiger partial charge in [-0.25, -0.2) is 27.5 Å². The van der Waals surface area contributed by atoms with E-state index < -0.39 is 29.0 Å². The number of halogens is 3. The highest BCUT2D eigenvalue weighted by atomic mass is 19.1. The Morgan fingerprint density at radius 3 is 2.47 bits per heavy atom. The number of carbonyl (C=O) groups excluding carboxylic acids is 1. The molecule has 0 bridgehead atoms. The van der Waals surface area contributed by atoms with Crippen LogP contribution >= 0.6 is 0 Å². The van der Waals surface area contributed by atoms with Gasteiger partial charge in [-0.2, -0.15) is 0 Å². The summed E-state index contributed by atoms with van der Waals surface area (Å²) < 4.78 is 42.5. The lowest BCUT2D eigenvalue weighted by Gasteiger charge is -2.07. The van der Waals surface area contributed by atoms with Crippen LogP contribution in [0.3, 0.4) is 0 Å². The fourth-order valence-electron chi connectivity index (χ4n) is 3.12. The standard InChI is InChI=1S/C21H15F3N4O2/c22-14-5-7-16(8-6-14)28-20-18(2-1-9-25-20)27(21(28)30)12-19(29)26-11-13-3-4-15(23)10-17(13)24/h1-10H,11-12H2,(H,26,29). The number of fused-ring (bicyclic) bond motifs is 1. The van der Waals surface area contributed by atoms with Gasteiger partial charge in [0.2, 0.25) is 5.91 Å². The minimum atomic E-state index is -0.774. The summed E-state index contributed by atoms with van der Waals surface area (Å²) in [5.74, 6) is -2.47. The van der Waals surface area contributed by atoms with Gasteiger partial charge < -0.3 is 5.32 Å². The van der Waals surface area contributed by atoms with E-state index in [4.69, 9.17) is 0 Å². The van der Waals surface area contributed by atoms with Crippen molar-refractivity contribution in [1.29, 1.82) is 0 Å². The zero-order valence-corrected chi connectivity index (χ0v) is 15.5. The van der Waals surface area contributed by atoms with E-state index in [0.717, 1.165) is 12.1 Å². The number of benzene rings is 2. The Bertz CT molecular complexity index is 1300. The number of aromatic nitrogens is 3. The zero-order valence-electron chi connectivity index (χ0n) is 15.5. The van der Waals surface area contributed by atoms with Crippen LogP contribution in [0.5, 0.6) is 0 Å². The average molecular weight is 412 g/mol. The maximum atomic E-state index is 13.7. The summed E-state index contributed by atoms with van der Waals surface area (Å²) in [6.45, 7) is -0.493. The van der Waals surface area contributed by atoms with Crippen LogP contribution in [-0.2, 0) is 17.9 Å². The van der Waals surface area contributed by atoms with Crippen molar-refractivity contribution in [2.24, 2.45) is 0 Å². The molecule has 2 aromatic carbocycles. The predicted octanol–water partition coefficient (Wildman–Crippen LogP) is 2.92. The van der Waals surface area contributed by atoms with Crippen LogP contribution in [-0.4, -0.2) is 20.0 Å². The molecule has 1 amide bonds. The number of hydrogen-bond donors (Lipinski definition) is 1. The fourth-order valence-corrected chi connectivity index (χ4v) is 3.12. The highest BCUT2D eigenvalue weighted by molar-refractivity contribution is 5.80. The molecule has 30 heavy (non-hydrogen) atoms. The lowest BCUT2D eigenvalue weighted by Crippen LogP contribution is -2.32. The summed E-state index contributed by atoms with van der Waals surface area (Å²) in [5, 5.41) is 2.52. The van der Waals surface area contributed by atoms with E-state index >= 15 is 0 Å². The van der Waals surface area contributed by atoms with Crippen molar-refractivity contribution >= 4 is 17.1 Å². The van der Waals surface area contributed by atoms with Crippen LogP contribution in [0, 0.1) is 17.5 Å². The Morgan fingerprint density at radius 1 is 1.00 bits per heavy atom. The lowest BCUT2D eigenvalue weighted by atomic mass is 10.2. The van der Waals surface area contributed by atoms with Crippen LogP contribution < -0.4 is 11.0 Å². The minimum absolute atomic E-state index is 0.118. The molecule has 9 heteroatoms. The van der Waals surface area contributed by atoms with Gasteiger partial charge in [0.1, 0.15) is 24.0 Å². The van der Waals surface area contributed by atoms with Gasteiger partial charge in [-0.3, -0.25) is 9.36 Å². The third kappa shape index (κ3) is 3.69. The van der Waals surface area contributed by atoms with Crippen molar-refractivity contribution in [3.8, 4) is 5.69 Å². The number of pyridine rings is 1. The molecule has 0 spiro atoms. The van der Waals surface area contributed by atoms with Crippen LogP contribution in [0.1, 0.15) is 5.56 Å². The highest BCUT2D eigenvalue weighted by Crippen LogP contribution is 2.16. The van der Waals surface area contributed by atoms with Gasteiger partial charge in [0.15, 0.2) is 5.65 Å². The third-order valence-electron chi connectivity index (χ3n) is 4.57. The summed E-state index contributed by atoms with van der Waals surface area (Å²) >= 11 is 0. The van der Waals surface area contributed by atoms with E-state index in [1.54, 1.807) is 12.1 Å². The predicted molar refractivity (Wildman–Crippen MR) is 103 cm³/mol. The molecule has 6 nitrogen and oxygen atoms in total. The van der Waals surface area contributed by atoms with E-state index in [-0.39, 0.29) is 18.7 Å². The number of nitrogens with one attached hydrogen (secondary N) is 1. The summed E-state index contributed by atoms with van der Waals surface area (Å²) in [5.41, 5.74) is 0.713. The van der Waals surface area contributed by atoms with E-state index in [2.05, 4.69) is 10.3 Å². The second-order valence-corrected chi connectivity index (χ2v) is 6.54. The summed E-state index contributed by atoms with van der Waals surface area (Å²) in [4.78, 5) is 29.6. The first-order valence-corrected chi connectivity index (χ1v) is 8.97. The van der Waals surface area contributed by atoms with E-state index in [0.29, 0.717) is 16.9 Å². The number of imidazole rings is 1. The topological polar surface area (TPSA) is 68.9 Å². The molecule has 152 valence electrons. The quantitative estimate of drug-likeness (QED) is 0.548. The maximum Gasteiger partial charge on any atom is 0.335 e. The monoisotopic (exact) mass is 412 g/mol. The van der Waals surface area contributed by atoms with Crippen molar-refractivity contribution in [3.05, 3.63) is 94.3 Å². The SMILES string of the molecule is O=C(Cn1c(=O)n(-c2ccc(F)cc2)c2ncccc21)NCc1ccc(F)cc1F. The molecule has 0 radical (unpaired) electrons. The second-order valence-electron chi connectivity index (χ2n) is 6.54. The van der Waals surface area contributed by atoms with Gasteiger partial charge in [-0.15, -0.1) is 0 Å². The van der Waals surface area contributed by atoms with Crippen LogP contribution in [0.25, 0.3) is 16.9 Å². The molecule has 0 aliphatic rings. The van der Waals surface area contributed by atoms with Gasteiger partial charge in [0, 0.05) is 24.4 Å². The molecule has 0 unspecified atom stereocenters. The molecular formula is C21H15F3N4O2. The smallest absolute Gasteiger partial charge is 0.335 e. The largest absolute Gasteiger partial charge is 0.350 e. The lowest BCUT2D eigenvalue weighted by molar-refractivity contribution is -0.121. The Labute approximate surface area is 168 Å². The van der Waals surface area contributed by atoms with Crippen molar-refractivity contribution in [2.75, 3.05) is 0 Å². The van der Waals surface area contributed by atoms with Gasteiger partial charge in [0.25, 0.3) is 0 Å². The molecule has 0 fully saturated rings.